The number of ether oxygens (including phenoxy) is 1. The van der Waals surface area contributed by atoms with Gasteiger partial charge in [-0.3, -0.25) is 4.79 Å². The minimum atomic E-state index is -0.706. The van der Waals surface area contributed by atoms with Crippen LogP contribution in [-0.4, -0.2) is 22.3 Å². The zero-order chi connectivity index (χ0) is 11.7. The van der Waals surface area contributed by atoms with Gasteiger partial charge < -0.3 is 9.84 Å². The van der Waals surface area contributed by atoms with Gasteiger partial charge in [-0.15, -0.1) is 0 Å². The van der Waals surface area contributed by atoms with Crippen molar-refractivity contribution >= 4 is 5.97 Å². The number of esters is 1. The molecule has 0 fully saturated rings. The Morgan fingerprint density at radius 3 is 2.60 bits per heavy atom. The van der Waals surface area contributed by atoms with Crippen LogP contribution < -0.4 is 0 Å². The summed E-state index contributed by atoms with van der Waals surface area (Å²) in [4.78, 5) is 10.9. The number of hydrogen-bond acceptors (Lipinski definition) is 3. The molecule has 0 heterocycles. The van der Waals surface area contributed by atoms with Crippen LogP contribution in [0.2, 0.25) is 0 Å². The molecule has 0 saturated carbocycles. The van der Waals surface area contributed by atoms with Crippen LogP contribution in [0.15, 0.2) is 12.2 Å². The second-order valence-electron chi connectivity index (χ2n) is 5.06. The zero-order valence-corrected chi connectivity index (χ0v) is 9.91. The van der Waals surface area contributed by atoms with Gasteiger partial charge in [-0.1, -0.05) is 12.2 Å². The van der Waals surface area contributed by atoms with Gasteiger partial charge in [0.2, 0.25) is 0 Å². The van der Waals surface area contributed by atoms with E-state index in [9.17, 15) is 9.90 Å². The highest BCUT2D eigenvalue weighted by Gasteiger charge is 2.35. The van der Waals surface area contributed by atoms with E-state index in [1.54, 1.807) is 13.0 Å². The third-order valence-corrected chi connectivity index (χ3v) is 2.95. The fraction of sp³-hybridized carbons (Fsp3) is 0.750. The predicted octanol–water partition coefficient (Wildman–Crippen LogP) is 2.05. The van der Waals surface area contributed by atoms with Gasteiger partial charge in [-0.25, -0.2) is 0 Å². The average Bonchev–Trinajstić information content (AvgIpc) is 2.00. The van der Waals surface area contributed by atoms with Crippen molar-refractivity contribution in [2.75, 3.05) is 0 Å². The molecule has 0 saturated heterocycles. The summed E-state index contributed by atoms with van der Waals surface area (Å²) in [6.07, 6.45) is 5.29. The first kappa shape index (κ1) is 12.2. The highest BCUT2D eigenvalue weighted by atomic mass is 16.6. The van der Waals surface area contributed by atoms with Crippen LogP contribution in [-0.2, 0) is 9.53 Å². The molecule has 3 heteroatoms. The third kappa shape index (κ3) is 3.34. The Morgan fingerprint density at radius 1 is 1.60 bits per heavy atom. The summed E-state index contributed by atoms with van der Waals surface area (Å²) >= 11 is 0. The maximum atomic E-state index is 10.9. The monoisotopic (exact) mass is 212 g/mol. The fourth-order valence-electron chi connectivity index (χ4n) is 1.98. The summed E-state index contributed by atoms with van der Waals surface area (Å²) in [5.41, 5.74) is -1.19. The van der Waals surface area contributed by atoms with Crippen LogP contribution in [0.25, 0.3) is 0 Å². The summed E-state index contributed by atoms with van der Waals surface area (Å²) < 4.78 is 5.27. The summed E-state index contributed by atoms with van der Waals surface area (Å²) in [7, 11) is 0. The van der Waals surface area contributed by atoms with Crippen LogP contribution in [0.4, 0.5) is 0 Å². The van der Waals surface area contributed by atoms with E-state index in [0.717, 1.165) is 6.42 Å². The van der Waals surface area contributed by atoms with E-state index in [1.807, 2.05) is 19.9 Å². The quantitative estimate of drug-likeness (QED) is 0.563. The molecule has 0 aromatic rings. The van der Waals surface area contributed by atoms with E-state index in [-0.39, 0.29) is 11.9 Å². The lowest BCUT2D eigenvalue weighted by Gasteiger charge is -2.36. The molecule has 3 nitrogen and oxygen atoms in total. The molecular formula is C12H20O3. The van der Waals surface area contributed by atoms with Crippen LogP contribution in [0.3, 0.4) is 0 Å². The number of rotatable bonds is 2. The largest absolute Gasteiger partial charge is 0.459 e. The first-order valence-electron chi connectivity index (χ1n) is 5.34. The van der Waals surface area contributed by atoms with Crippen LogP contribution >= 0.6 is 0 Å². The van der Waals surface area contributed by atoms with Crippen LogP contribution in [0.5, 0.6) is 0 Å². The van der Waals surface area contributed by atoms with Gasteiger partial charge >= 0.3 is 5.97 Å². The van der Waals surface area contributed by atoms with Crippen molar-refractivity contribution in [2.24, 2.45) is 5.92 Å². The summed E-state index contributed by atoms with van der Waals surface area (Å²) in [5.74, 6) is -0.0765. The second-order valence-corrected chi connectivity index (χ2v) is 5.06. The summed E-state index contributed by atoms with van der Waals surface area (Å²) in [6.45, 7) is 7.02. The van der Waals surface area contributed by atoms with Crippen molar-refractivity contribution in [3.8, 4) is 0 Å². The molecule has 0 aromatic carbocycles. The molecule has 1 aliphatic carbocycles. The van der Waals surface area contributed by atoms with Gasteiger partial charge in [0.05, 0.1) is 5.60 Å². The molecule has 1 N–H and O–H groups in total. The molecule has 86 valence electrons. The third-order valence-electron chi connectivity index (χ3n) is 2.95. The van der Waals surface area contributed by atoms with E-state index in [0.29, 0.717) is 6.42 Å². The molecule has 15 heavy (non-hydrogen) atoms. The standard InChI is InChI=1S/C12H20O3/c1-9(13)15-11(2,3)10-5-7-12(4,14)8-6-10/h5,7,10,14H,6,8H2,1-4H3/t10-,12-/m0/s1. The molecule has 2 atom stereocenters. The summed E-state index contributed by atoms with van der Waals surface area (Å²) in [6, 6.07) is 0. The van der Waals surface area contributed by atoms with Crippen molar-refractivity contribution < 1.29 is 14.6 Å². The first-order valence-corrected chi connectivity index (χ1v) is 5.34. The van der Waals surface area contributed by atoms with E-state index in [4.69, 9.17) is 4.74 Å². The fourth-order valence-corrected chi connectivity index (χ4v) is 1.98. The van der Waals surface area contributed by atoms with Gasteiger partial charge in [-0.2, -0.15) is 0 Å². The minimum absolute atomic E-state index is 0.182. The molecule has 1 rings (SSSR count). The number of hydrogen-bond donors (Lipinski definition) is 1. The SMILES string of the molecule is CC(=O)OC(C)(C)[C@H]1C=C[C@](C)(O)CC1. The zero-order valence-electron chi connectivity index (χ0n) is 9.91. The molecule has 0 aliphatic heterocycles. The number of aliphatic hydroxyl groups is 1. The molecule has 0 bridgehead atoms. The van der Waals surface area contributed by atoms with Crippen molar-refractivity contribution in [1.29, 1.82) is 0 Å². The Hall–Kier alpha value is -0.830. The smallest absolute Gasteiger partial charge is 0.303 e. The highest BCUT2D eigenvalue weighted by molar-refractivity contribution is 5.66. The van der Waals surface area contributed by atoms with Gasteiger partial charge in [0.1, 0.15) is 5.60 Å². The minimum Gasteiger partial charge on any atom is -0.459 e. The molecule has 0 unspecified atom stereocenters. The van der Waals surface area contributed by atoms with Crippen molar-refractivity contribution in [2.45, 2.75) is 51.7 Å². The molecule has 1 aliphatic rings. The average molecular weight is 212 g/mol. The predicted molar refractivity (Wildman–Crippen MR) is 58.3 cm³/mol. The van der Waals surface area contributed by atoms with E-state index in [2.05, 4.69) is 0 Å². The molecule has 0 radical (unpaired) electrons. The topological polar surface area (TPSA) is 46.5 Å². The Bertz CT molecular complexity index is 277. The Labute approximate surface area is 91.1 Å². The van der Waals surface area contributed by atoms with Crippen LogP contribution in [0.1, 0.15) is 40.5 Å². The maximum Gasteiger partial charge on any atom is 0.303 e. The lowest BCUT2D eigenvalue weighted by Crippen LogP contribution is -2.39. The van der Waals surface area contributed by atoms with Crippen molar-refractivity contribution in [3.63, 3.8) is 0 Å². The van der Waals surface area contributed by atoms with Crippen molar-refractivity contribution in [3.05, 3.63) is 12.2 Å². The molecule has 0 amide bonds. The lowest BCUT2D eigenvalue weighted by atomic mass is 9.78. The molecule has 0 spiro atoms. The normalized spacial score (nSPS) is 31.4. The Balaban J connectivity index is 2.70. The van der Waals surface area contributed by atoms with Gasteiger partial charge in [0, 0.05) is 12.8 Å². The van der Waals surface area contributed by atoms with E-state index >= 15 is 0 Å². The van der Waals surface area contributed by atoms with Gasteiger partial charge in [-0.05, 0) is 33.6 Å². The lowest BCUT2D eigenvalue weighted by molar-refractivity contribution is -0.157. The van der Waals surface area contributed by atoms with Crippen molar-refractivity contribution in [1.82, 2.24) is 0 Å². The Morgan fingerprint density at radius 2 is 2.20 bits per heavy atom. The second kappa shape index (κ2) is 3.97. The molecule has 0 aromatic heterocycles. The van der Waals surface area contributed by atoms with Gasteiger partial charge in [0.15, 0.2) is 0 Å². The summed E-state index contributed by atoms with van der Waals surface area (Å²) in [5, 5.41) is 9.75. The van der Waals surface area contributed by atoms with E-state index in [1.165, 1.54) is 6.92 Å². The Kier molecular flexibility index (Phi) is 3.24. The van der Waals surface area contributed by atoms with Crippen LogP contribution in [0, 0.1) is 5.92 Å². The first-order chi connectivity index (χ1) is 6.73. The highest BCUT2D eigenvalue weighted by Crippen LogP contribution is 2.34. The molecular weight excluding hydrogens is 192 g/mol. The van der Waals surface area contributed by atoms with Gasteiger partial charge in [0.25, 0.3) is 0 Å². The van der Waals surface area contributed by atoms with E-state index < -0.39 is 11.2 Å². The number of carbonyl (C=O) groups is 1. The number of carbonyl (C=O) groups excluding carboxylic acids is 1. The maximum absolute atomic E-state index is 10.9.